The second kappa shape index (κ2) is 15.3. The summed E-state index contributed by atoms with van der Waals surface area (Å²) in [7, 11) is 1.78. The fourth-order valence-electron chi connectivity index (χ4n) is 5.91. The number of ether oxygens (including phenoxy) is 1. The Hall–Kier alpha value is -2.64. The van der Waals surface area contributed by atoms with Gasteiger partial charge in [0.2, 0.25) is 0 Å². The molecule has 6 aromatic rings. The molecule has 0 aliphatic rings. The van der Waals surface area contributed by atoms with Gasteiger partial charge in [-0.05, 0) is 33.1 Å². The van der Waals surface area contributed by atoms with Crippen LogP contribution in [0.4, 0.5) is 0 Å². The molecule has 6 aromatic carbocycles. The minimum absolute atomic E-state index is 0. The third-order valence-corrected chi connectivity index (χ3v) is 8.10. The number of aryl methyl sites for hydroxylation is 2. The van der Waals surface area contributed by atoms with Crippen LogP contribution in [0.3, 0.4) is 0 Å². The molecule has 0 unspecified atom stereocenters. The molecule has 0 aromatic heterocycles. The van der Waals surface area contributed by atoms with E-state index in [0.29, 0.717) is 0 Å². The zero-order chi connectivity index (χ0) is 30.2. The Morgan fingerprint density at radius 3 is 1.56 bits per heavy atom. The molecule has 1 nitrogen and oxygen atoms in total. The van der Waals surface area contributed by atoms with Gasteiger partial charge < -0.3 is 29.6 Å². The first-order valence-corrected chi connectivity index (χ1v) is 15.0. The summed E-state index contributed by atoms with van der Waals surface area (Å²) in [6.45, 7) is 17.9. The summed E-state index contributed by atoms with van der Waals surface area (Å²) >= 11 is 0. The second-order valence-electron chi connectivity index (χ2n) is 13.7. The predicted molar refractivity (Wildman–Crippen MR) is 183 cm³/mol. The SMILES string of the molecule is COc1c(C(C)(C)C)cc2[cH-]c(C)cc2c1-c1ccccc1.Cc1cc2c(-c3ccccc3)cc(C(C)(C)C)cc2[cH-]1.[Cl-].[Cl-].[Zr+4]. The molecule has 0 spiro atoms. The number of rotatable bonds is 3. The van der Waals surface area contributed by atoms with Gasteiger partial charge in [0.1, 0.15) is 5.75 Å². The topological polar surface area (TPSA) is 9.23 Å². The predicted octanol–water partition coefficient (Wildman–Crippen LogP) is 5.68. The van der Waals surface area contributed by atoms with Crippen LogP contribution in [-0.4, -0.2) is 7.11 Å². The van der Waals surface area contributed by atoms with Gasteiger partial charge in [-0.25, -0.2) is 0 Å². The molecule has 0 heterocycles. The van der Waals surface area contributed by atoms with Crippen LogP contribution in [-0.2, 0) is 37.0 Å². The number of methoxy groups -OCH3 is 1. The minimum Gasteiger partial charge on any atom is -1.00 e. The second-order valence-corrected chi connectivity index (χ2v) is 13.7. The van der Waals surface area contributed by atoms with E-state index in [1.807, 2.05) is 0 Å². The van der Waals surface area contributed by atoms with Gasteiger partial charge in [0.25, 0.3) is 0 Å². The third kappa shape index (κ3) is 8.40. The minimum atomic E-state index is 0. The standard InChI is InChI=1S/C21H23O.C20H21.2ClH.Zr/c1-14-11-16-13-18(21(2,3)4)20(22-5)19(17(16)12-14)15-9-7-6-8-10-15;1-14-10-16-12-17(20(2,3)4)13-19(18(16)11-14)15-8-6-5-7-9-15;;;/h6-13H,1-5H3;5-13H,1-4H3;2*1H;/q2*-1;;;+4/p-2. The van der Waals surface area contributed by atoms with Gasteiger partial charge in [-0.2, -0.15) is 12.1 Å². The Bertz CT molecular complexity index is 1830. The van der Waals surface area contributed by atoms with E-state index in [-0.39, 0.29) is 61.8 Å². The van der Waals surface area contributed by atoms with Crippen molar-refractivity contribution in [3.63, 3.8) is 0 Å². The molecule has 0 saturated carbocycles. The molecular weight excluding hydrogens is 671 g/mol. The van der Waals surface area contributed by atoms with Crippen molar-refractivity contribution in [2.24, 2.45) is 0 Å². The van der Waals surface area contributed by atoms with E-state index >= 15 is 0 Å². The van der Waals surface area contributed by atoms with E-state index < -0.39 is 0 Å². The van der Waals surface area contributed by atoms with Crippen LogP contribution in [0.25, 0.3) is 43.8 Å². The first kappa shape index (κ1) is 38.5. The van der Waals surface area contributed by atoms with Crippen LogP contribution in [0.1, 0.15) is 63.8 Å². The Balaban J connectivity index is 0.000000295. The average Bonchev–Trinajstić information content (AvgIpc) is 3.52. The summed E-state index contributed by atoms with van der Waals surface area (Å²) in [5, 5.41) is 5.28. The van der Waals surface area contributed by atoms with Crippen LogP contribution in [0, 0.1) is 13.8 Å². The molecular formula is C41H44Cl2OZr. The van der Waals surface area contributed by atoms with Gasteiger partial charge in [0.15, 0.2) is 0 Å². The summed E-state index contributed by atoms with van der Waals surface area (Å²) < 4.78 is 5.87. The van der Waals surface area contributed by atoms with Crippen molar-refractivity contribution in [3.8, 4) is 28.0 Å². The van der Waals surface area contributed by atoms with Crippen molar-refractivity contribution < 1.29 is 55.8 Å². The maximum atomic E-state index is 5.87. The molecule has 0 radical (unpaired) electrons. The monoisotopic (exact) mass is 712 g/mol. The fraction of sp³-hybridized carbons (Fsp3) is 0.268. The van der Waals surface area contributed by atoms with Gasteiger partial charge in [-0.1, -0.05) is 133 Å². The summed E-state index contributed by atoms with van der Waals surface area (Å²) in [5.74, 6) is 0.997. The van der Waals surface area contributed by atoms with Gasteiger partial charge >= 0.3 is 26.2 Å². The zero-order valence-corrected chi connectivity index (χ0v) is 31.9. The number of hydrogen-bond acceptors (Lipinski definition) is 1. The van der Waals surface area contributed by atoms with Crippen LogP contribution in [0.5, 0.6) is 5.75 Å². The van der Waals surface area contributed by atoms with Crippen molar-refractivity contribution in [2.45, 2.75) is 66.2 Å². The fourth-order valence-corrected chi connectivity index (χ4v) is 5.91. The summed E-state index contributed by atoms with van der Waals surface area (Å²) in [6.07, 6.45) is 0. The summed E-state index contributed by atoms with van der Waals surface area (Å²) in [6, 6.07) is 37.3. The molecule has 0 saturated heterocycles. The Kier molecular flexibility index (Phi) is 13.1. The number of hydrogen-bond donors (Lipinski definition) is 0. The van der Waals surface area contributed by atoms with E-state index in [9.17, 15) is 0 Å². The third-order valence-electron chi connectivity index (χ3n) is 8.10. The van der Waals surface area contributed by atoms with Crippen molar-refractivity contribution >= 4 is 21.5 Å². The first-order valence-electron chi connectivity index (χ1n) is 15.0. The van der Waals surface area contributed by atoms with E-state index in [4.69, 9.17) is 4.74 Å². The Morgan fingerprint density at radius 2 is 1.07 bits per heavy atom. The van der Waals surface area contributed by atoms with Gasteiger partial charge in [0, 0.05) is 0 Å². The largest absolute Gasteiger partial charge is 4.00 e. The average molecular weight is 715 g/mol. The summed E-state index contributed by atoms with van der Waals surface area (Å²) in [5.41, 5.74) is 10.6. The number of halogens is 2. The van der Waals surface area contributed by atoms with E-state index in [1.165, 1.54) is 66.1 Å². The maximum Gasteiger partial charge on any atom is 4.00 e. The maximum absolute atomic E-state index is 5.87. The molecule has 0 aliphatic heterocycles. The van der Waals surface area contributed by atoms with Crippen molar-refractivity contribution in [1.82, 2.24) is 0 Å². The Morgan fingerprint density at radius 1 is 0.578 bits per heavy atom. The van der Waals surface area contributed by atoms with E-state index in [2.05, 4.69) is 159 Å². The van der Waals surface area contributed by atoms with Crippen molar-refractivity contribution in [2.75, 3.05) is 7.11 Å². The van der Waals surface area contributed by atoms with Gasteiger partial charge in [-0.3, -0.25) is 0 Å². The van der Waals surface area contributed by atoms with Gasteiger partial charge in [-0.15, -0.1) is 56.9 Å². The zero-order valence-electron chi connectivity index (χ0n) is 28.0. The number of fused-ring (bicyclic) bond motifs is 2. The van der Waals surface area contributed by atoms with E-state index in [1.54, 1.807) is 7.11 Å². The quantitative estimate of drug-likeness (QED) is 0.215. The van der Waals surface area contributed by atoms with Crippen LogP contribution in [0.15, 0.2) is 103 Å². The first-order chi connectivity index (χ1) is 19.9. The Labute approximate surface area is 302 Å². The molecule has 0 amide bonds. The van der Waals surface area contributed by atoms with Crippen LogP contribution < -0.4 is 29.6 Å². The number of benzene rings is 4. The van der Waals surface area contributed by atoms with Crippen LogP contribution in [0.2, 0.25) is 0 Å². The molecule has 232 valence electrons. The van der Waals surface area contributed by atoms with Crippen molar-refractivity contribution in [3.05, 3.63) is 125 Å². The normalized spacial score (nSPS) is 11.1. The molecule has 45 heavy (non-hydrogen) atoms. The smallest absolute Gasteiger partial charge is 1.00 e. The molecule has 6 rings (SSSR count). The molecule has 0 aliphatic carbocycles. The molecule has 0 N–H and O–H groups in total. The molecule has 0 bridgehead atoms. The van der Waals surface area contributed by atoms with Crippen LogP contribution >= 0.6 is 0 Å². The molecule has 0 atom stereocenters. The van der Waals surface area contributed by atoms with E-state index in [0.717, 1.165) is 5.75 Å². The molecule has 0 fully saturated rings. The summed E-state index contributed by atoms with van der Waals surface area (Å²) in [4.78, 5) is 0. The molecule has 4 heteroatoms. The van der Waals surface area contributed by atoms with Gasteiger partial charge in [0.05, 0.1) is 7.11 Å². The van der Waals surface area contributed by atoms with Crippen molar-refractivity contribution in [1.29, 1.82) is 0 Å².